The molecular formula is C11H17NO4. The summed E-state index contributed by atoms with van der Waals surface area (Å²) >= 11 is 0. The molecule has 0 aliphatic heterocycles. The molecule has 0 aliphatic rings. The number of carbonyl (C=O) groups is 1. The monoisotopic (exact) mass is 227 g/mol. The Bertz CT molecular complexity index is 287. The Morgan fingerprint density at radius 1 is 1.44 bits per heavy atom. The van der Waals surface area contributed by atoms with Crippen molar-refractivity contribution < 1.29 is 19.7 Å². The van der Waals surface area contributed by atoms with Gasteiger partial charge in [-0.05, 0) is 24.3 Å². The van der Waals surface area contributed by atoms with Crippen LogP contribution >= 0.6 is 0 Å². The van der Waals surface area contributed by atoms with E-state index < -0.39 is 6.10 Å². The molecule has 5 nitrogen and oxygen atoms in total. The number of nitrogens with two attached hydrogens (primary N) is 1. The zero-order valence-electron chi connectivity index (χ0n) is 9.17. The molecule has 1 unspecified atom stereocenters. The lowest BCUT2D eigenvalue weighted by atomic mass is 10.2. The van der Waals surface area contributed by atoms with Gasteiger partial charge in [0, 0.05) is 18.4 Å². The van der Waals surface area contributed by atoms with E-state index in [0.29, 0.717) is 11.3 Å². The van der Waals surface area contributed by atoms with Gasteiger partial charge in [0.15, 0.2) is 0 Å². The Kier molecular flexibility index (Phi) is 8.05. The standard InChI is InChI=1S/C7H7NO.C4H10O3/c8-7-3-1-6(5-9)2-4-7;1-7-3-4(6)2-5/h1-5H,8H2;4-6H,2-3H2,1H3. The molecule has 0 bridgehead atoms. The quantitative estimate of drug-likeness (QED) is 0.500. The molecule has 0 aliphatic carbocycles. The number of ether oxygens (including phenoxy) is 1. The Balaban J connectivity index is 0.000000293. The molecule has 16 heavy (non-hydrogen) atoms. The summed E-state index contributed by atoms with van der Waals surface area (Å²) in [6, 6.07) is 6.76. The van der Waals surface area contributed by atoms with Gasteiger partial charge in [-0.25, -0.2) is 0 Å². The second kappa shape index (κ2) is 8.84. The van der Waals surface area contributed by atoms with Crippen LogP contribution in [0.25, 0.3) is 0 Å². The van der Waals surface area contributed by atoms with Gasteiger partial charge < -0.3 is 20.7 Å². The van der Waals surface area contributed by atoms with Crippen molar-refractivity contribution in [3.63, 3.8) is 0 Å². The van der Waals surface area contributed by atoms with Crippen molar-refractivity contribution in [1.29, 1.82) is 0 Å². The van der Waals surface area contributed by atoms with Gasteiger partial charge in [-0.3, -0.25) is 4.79 Å². The lowest BCUT2D eigenvalue weighted by Crippen LogP contribution is -2.17. The van der Waals surface area contributed by atoms with Crippen molar-refractivity contribution in [2.45, 2.75) is 6.10 Å². The molecule has 90 valence electrons. The summed E-state index contributed by atoms with van der Waals surface area (Å²) < 4.78 is 4.48. The van der Waals surface area contributed by atoms with Crippen LogP contribution in [0, 0.1) is 0 Å². The number of aldehydes is 1. The van der Waals surface area contributed by atoms with Crippen LogP contribution < -0.4 is 5.73 Å². The van der Waals surface area contributed by atoms with Crippen LogP contribution in [0.2, 0.25) is 0 Å². The second-order valence-electron chi connectivity index (χ2n) is 3.08. The van der Waals surface area contributed by atoms with Crippen LogP contribution in [-0.2, 0) is 4.74 Å². The van der Waals surface area contributed by atoms with Crippen LogP contribution in [0.4, 0.5) is 5.69 Å². The van der Waals surface area contributed by atoms with Crippen LogP contribution in [-0.4, -0.2) is 42.9 Å². The largest absolute Gasteiger partial charge is 0.399 e. The summed E-state index contributed by atoms with van der Waals surface area (Å²) in [4.78, 5) is 10.1. The highest BCUT2D eigenvalue weighted by molar-refractivity contribution is 5.75. The van der Waals surface area contributed by atoms with Gasteiger partial charge in [-0.15, -0.1) is 0 Å². The first-order chi connectivity index (χ1) is 7.63. The summed E-state index contributed by atoms with van der Waals surface area (Å²) in [6.07, 6.45) is 0.0735. The SMILES string of the molecule is COCC(O)CO.Nc1ccc(C=O)cc1. The van der Waals surface area contributed by atoms with E-state index in [2.05, 4.69) is 4.74 Å². The summed E-state index contributed by atoms with van der Waals surface area (Å²) in [5.41, 5.74) is 6.70. The number of hydrogen-bond acceptors (Lipinski definition) is 5. The minimum Gasteiger partial charge on any atom is -0.399 e. The van der Waals surface area contributed by atoms with Gasteiger partial charge in [0.2, 0.25) is 0 Å². The van der Waals surface area contributed by atoms with E-state index in [9.17, 15) is 4.79 Å². The zero-order chi connectivity index (χ0) is 12.4. The van der Waals surface area contributed by atoms with E-state index in [1.807, 2.05) is 0 Å². The highest BCUT2D eigenvalue weighted by Crippen LogP contribution is 2.01. The average molecular weight is 227 g/mol. The molecule has 0 fully saturated rings. The minimum atomic E-state index is -0.718. The molecule has 1 aromatic rings. The topological polar surface area (TPSA) is 92.8 Å². The number of aliphatic hydroxyl groups is 2. The molecule has 0 heterocycles. The maximum Gasteiger partial charge on any atom is 0.150 e. The second-order valence-corrected chi connectivity index (χ2v) is 3.08. The minimum absolute atomic E-state index is 0.205. The van der Waals surface area contributed by atoms with E-state index in [-0.39, 0.29) is 13.2 Å². The normalized spacial score (nSPS) is 11.2. The Hall–Kier alpha value is -1.43. The predicted octanol–water partition coefficient (Wildman–Crippen LogP) is 0.0673. The van der Waals surface area contributed by atoms with Crippen LogP contribution in [0.15, 0.2) is 24.3 Å². The third-order valence-electron chi connectivity index (χ3n) is 1.64. The van der Waals surface area contributed by atoms with Crippen LogP contribution in [0.1, 0.15) is 10.4 Å². The first-order valence-corrected chi connectivity index (χ1v) is 4.72. The first-order valence-electron chi connectivity index (χ1n) is 4.72. The fourth-order valence-electron chi connectivity index (χ4n) is 0.820. The van der Waals surface area contributed by atoms with Crippen LogP contribution in [0.5, 0.6) is 0 Å². The lowest BCUT2D eigenvalue weighted by molar-refractivity contribution is 0.0254. The maximum absolute atomic E-state index is 10.1. The van der Waals surface area contributed by atoms with Crippen molar-refractivity contribution >= 4 is 12.0 Å². The molecular weight excluding hydrogens is 210 g/mol. The molecule has 0 radical (unpaired) electrons. The fraction of sp³-hybridized carbons (Fsp3) is 0.364. The van der Waals surface area contributed by atoms with Gasteiger partial charge >= 0.3 is 0 Å². The number of anilines is 1. The molecule has 0 saturated carbocycles. The van der Waals surface area contributed by atoms with Crippen molar-refractivity contribution in [3.05, 3.63) is 29.8 Å². The average Bonchev–Trinajstić information content (AvgIpc) is 2.31. The van der Waals surface area contributed by atoms with Crippen molar-refractivity contribution in [3.8, 4) is 0 Å². The summed E-state index contributed by atoms with van der Waals surface area (Å²) in [5.74, 6) is 0. The molecule has 0 spiro atoms. The Morgan fingerprint density at radius 3 is 2.31 bits per heavy atom. The van der Waals surface area contributed by atoms with E-state index in [1.54, 1.807) is 24.3 Å². The summed E-state index contributed by atoms with van der Waals surface area (Å²) in [7, 11) is 1.47. The van der Waals surface area contributed by atoms with Gasteiger partial charge in [0.25, 0.3) is 0 Å². The number of aliphatic hydroxyl groups excluding tert-OH is 2. The van der Waals surface area contributed by atoms with E-state index in [1.165, 1.54) is 7.11 Å². The third kappa shape index (κ3) is 6.94. The van der Waals surface area contributed by atoms with Crippen molar-refractivity contribution in [1.82, 2.24) is 0 Å². The molecule has 1 rings (SSSR count). The molecule has 1 atom stereocenters. The van der Waals surface area contributed by atoms with Crippen molar-refractivity contribution in [2.75, 3.05) is 26.1 Å². The van der Waals surface area contributed by atoms with Crippen LogP contribution in [0.3, 0.4) is 0 Å². The number of benzene rings is 1. The molecule has 0 aromatic heterocycles. The highest BCUT2D eigenvalue weighted by atomic mass is 16.5. The Labute approximate surface area is 94.5 Å². The Morgan fingerprint density at radius 2 is 2.00 bits per heavy atom. The van der Waals surface area contributed by atoms with E-state index in [0.717, 1.165) is 6.29 Å². The smallest absolute Gasteiger partial charge is 0.150 e. The predicted molar refractivity (Wildman–Crippen MR) is 61.2 cm³/mol. The summed E-state index contributed by atoms with van der Waals surface area (Å²) in [5, 5.41) is 16.6. The number of carbonyl (C=O) groups excluding carboxylic acids is 1. The third-order valence-corrected chi connectivity index (χ3v) is 1.64. The van der Waals surface area contributed by atoms with Gasteiger partial charge in [0.05, 0.1) is 13.2 Å². The lowest BCUT2D eigenvalue weighted by Gasteiger charge is -2.01. The number of rotatable bonds is 4. The molecule has 1 aromatic carbocycles. The van der Waals surface area contributed by atoms with Gasteiger partial charge in [-0.1, -0.05) is 0 Å². The van der Waals surface area contributed by atoms with Gasteiger partial charge in [0.1, 0.15) is 12.4 Å². The van der Waals surface area contributed by atoms with Crippen molar-refractivity contribution in [2.24, 2.45) is 0 Å². The van der Waals surface area contributed by atoms with E-state index in [4.69, 9.17) is 15.9 Å². The van der Waals surface area contributed by atoms with E-state index >= 15 is 0 Å². The van der Waals surface area contributed by atoms with Gasteiger partial charge in [-0.2, -0.15) is 0 Å². The summed E-state index contributed by atoms with van der Waals surface area (Å²) in [6.45, 7) is -0.0235. The number of nitrogen functional groups attached to an aromatic ring is 1. The maximum atomic E-state index is 10.1. The fourth-order valence-corrected chi connectivity index (χ4v) is 0.820. The highest BCUT2D eigenvalue weighted by Gasteiger charge is 1.96. The molecule has 0 saturated heterocycles. The number of methoxy groups -OCH3 is 1. The first kappa shape index (κ1) is 14.6. The molecule has 5 heteroatoms. The zero-order valence-corrected chi connectivity index (χ0v) is 9.17. The number of hydrogen-bond donors (Lipinski definition) is 3. The molecule has 0 amide bonds. The molecule has 4 N–H and O–H groups in total.